The molecule has 1 aromatic carbocycles. The first kappa shape index (κ1) is 10.6. The second-order valence-corrected chi connectivity index (χ2v) is 3.97. The van der Waals surface area contributed by atoms with Gasteiger partial charge in [-0.1, -0.05) is 0 Å². The van der Waals surface area contributed by atoms with Crippen LogP contribution in [0.15, 0.2) is 12.1 Å². The molecule has 6 heteroatoms. The summed E-state index contributed by atoms with van der Waals surface area (Å²) in [6, 6.07) is 2.19. The van der Waals surface area contributed by atoms with E-state index in [2.05, 4.69) is 15.3 Å². The van der Waals surface area contributed by atoms with Gasteiger partial charge in [0, 0.05) is 25.2 Å². The number of aromatic amines is 1. The van der Waals surface area contributed by atoms with E-state index in [1.54, 1.807) is 0 Å². The maximum absolute atomic E-state index is 13.0. The minimum Gasteiger partial charge on any atom is -0.368 e. The fraction of sp³-hybridized carbons (Fsp3) is 0.364. The van der Waals surface area contributed by atoms with Crippen molar-refractivity contribution in [3.8, 4) is 0 Å². The Hall–Kier alpha value is -1.53. The van der Waals surface area contributed by atoms with Gasteiger partial charge in [-0.15, -0.1) is 0 Å². The average Bonchev–Trinajstić information content (AvgIpc) is 2.74. The molecule has 1 saturated heterocycles. The van der Waals surface area contributed by atoms with Crippen LogP contribution in [0.1, 0.15) is 11.9 Å². The van der Waals surface area contributed by atoms with Crippen molar-refractivity contribution >= 4 is 11.0 Å². The minimum atomic E-state index is -0.891. The van der Waals surface area contributed by atoms with Gasteiger partial charge in [0.1, 0.15) is 11.9 Å². The molecule has 1 aromatic heterocycles. The number of aromatic nitrogens is 2. The highest BCUT2D eigenvalue weighted by Crippen LogP contribution is 2.21. The number of nitrogens with zero attached hydrogens (tertiary/aromatic N) is 1. The predicted molar refractivity (Wildman–Crippen MR) is 57.6 cm³/mol. The number of fused-ring (bicyclic) bond motifs is 1. The van der Waals surface area contributed by atoms with E-state index in [9.17, 15) is 8.78 Å². The van der Waals surface area contributed by atoms with E-state index in [-0.39, 0.29) is 6.10 Å². The van der Waals surface area contributed by atoms with Gasteiger partial charge in [0.05, 0.1) is 17.6 Å². The van der Waals surface area contributed by atoms with Gasteiger partial charge >= 0.3 is 0 Å². The summed E-state index contributed by atoms with van der Waals surface area (Å²) < 4.78 is 31.6. The zero-order valence-corrected chi connectivity index (χ0v) is 8.96. The smallest absolute Gasteiger partial charge is 0.161 e. The molecule has 2 heterocycles. The summed E-state index contributed by atoms with van der Waals surface area (Å²) in [6.45, 7) is 2.05. The van der Waals surface area contributed by atoms with Crippen LogP contribution in [0.25, 0.3) is 11.0 Å². The predicted octanol–water partition coefficient (Wildman–Crippen LogP) is 1.50. The number of halogens is 2. The number of benzene rings is 1. The third kappa shape index (κ3) is 1.89. The lowest BCUT2D eigenvalue weighted by atomic mass is 10.3. The third-order valence-corrected chi connectivity index (χ3v) is 2.77. The molecule has 0 bridgehead atoms. The van der Waals surface area contributed by atoms with E-state index in [0.29, 0.717) is 30.0 Å². The highest BCUT2D eigenvalue weighted by molar-refractivity contribution is 5.75. The number of hydrogen-bond donors (Lipinski definition) is 2. The van der Waals surface area contributed by atoms with E-state index in [4.69, 9.17) is 4.74 Å². The van der Waals surface area contributed by atoms with E-state index < -0.39 is 11.6 Å². The highest BCUT2D eigenvalue weighted by Gasteiger charge is 2.19. The summed E-state index contributed by atoms with van der Waals surface area (Å²) in [5, 5.41) is 3.17. The van der Waals surface area contributed by atoms with Crippen molar-refractivity contribution < 1.29 is 13.5 Å². The van der Waals surface area contributed by atoms with Crippen molar-refractivity contribution in [1.82, 2.24) is 15.3 Å². The molecule has 2 aromatic rings. The van der Waals surface area contributed by atoms with Crippen LogP contribution in [0.3, 0.4) is 0 Å². The van der Waals surface area contributed by atoms with Crippen LogP contribution < -0.4 is 5.32 Å². The van der Waals surface area contributed by atoms with Crippen molar-refractivity contribution in [2.45, 2.75) is 6.10 Å². The topological polar surface area (TPSA) is 49.9 Å². The van der Waals surface area contributed by atoms with Crippen LogP contribution in [0, 0.1) is 11.6 Å². The summed E-state index contributed by atoms with van der Waals surface area (Å²) in [5.74, 6) is -1.18. The lowest BCUT2D eigenvalue weighted by Gasteiger charge is -2.21. The minimum absolute atomic E-state index is 0.192. The van der Waals surface area contributed by atoms with Gasteiger partial charge in [0.25, 0.3) is 0 Å². The van der Waals surface area contributed by atoms with Crippen LogP contribution in [-0.4, -0.2) is 29.7 Å². The number of nitrogens with one attached hydrogen (secondary N) is 2. The first-order valence-electron chi connectivity index (χ1n) is 5.41. The fourth-order valence-electron chi connectivity index (χ4n) is 1.92. The lowest BCUT2D eigenvalue weighted by Crippen LogP contribution is -2.33. The molecule has 0 aliphatic carbocycles. The molecular formula is C11H11F2N3O. The van der Waals surface area contributed by atoms with Crippen LogP contribution >= 0.6 is 0 Å². The van der Waals surface area contributed by atoms with Crippen molar-refractivity contribution in [2.24, 2.45) is 0 Å². The lowest BCUT2D eigenvalue weighted by molar-refractivity contribution is 0.0228. The molecule has 0 saturated carbocycles. The van der Waals surface area contributed by atoms with Crippen molar-refractivity contribution in [1.29, 1.82) is 0 Å². The molecule has 3 rings (SSSR count). The van der Waals surface area contributed by atoms with Gasteiger partial charge in [0.15, 0.2) is 11.6 Å². The maximum Gasteiger partial charge on any atom is 0.161 e. The molecule has 90 valence electrons. The number of ether oxygens (including phenoxy) is 1. The van der Waals surface area contributed by atoms with Gasteiger partial charge in [-0.2, -0.15) is 0 Å². The van der Waals surface area contributed by atoms with Crippen LogP contribution in [0.2, 0.25) is 0 Å². The Bertz CT molecular complexity index is 510. The summed E-state index contributed by atoms with van der Waals surface area (Å²) in [7, 11) is 0. The normalized spacial score (nSPS) is 20.9. The molecule has 1 atom stereocenters. The Morgan fingerprint density at radius 2 is 2.12 bits per heavy atom. The fourth-order valence-corrected chi connectivity index (χ4v) is 1.92. The standard InChI is InChI=1S/C11H11F2N3O/c12-6-3-8-9(4-7(6)13)16-11(15-8)10-5-14-1-2-17-10/h3-4,10,14H,1-2,5H2,(H,15,16). The summed E-state index contributed by atoms with van der Waals surface area (Å²) in [6.07, 6.45) is -0.192. The van der Waals surface area contributed by atoms with E-state index in [1.165, 1.54) is 0 Å². The Morgan fingerprint density at radius 1 is 1.29 bits per heavy atom. The zero-order chi connectivity index (χ0) is 11.8. The Kier molecular flexibility index (Phi) is 2.53. The zero-order valence-electron chi connectivity index (χ0n) is 8.96. The summed E-state index contributed by atoms with van der Waals surface area (Å²) in [4.78, 5) is 7.16. The molecule has 1 aliphatic rings. The van der Waals surface area contributed by atoms with Crippen LogP contribution in [0.4, 0.5) is 8.78 Å². The number of imidazole rings is 1. The molecule has 2 N–H and O–H groups in total. The van der Waals surface area contributed by atoms with Crippen molar-refractivity contribution in [3.63, 3.8) is 0 Å². The molecule has 0 spiro atoms. The average molecular weight is 239 g/mol. The molecular weight excluding hydrogens is 228 g/mol. The largest absolute Gasteiger partial charge is 0.368 e. The SMILES string of the molecule is Fc1cc2nc(C3CNCCO3)[nH]c2cc1F. The van der Waals surface area contributed by atoms with Crippen LogP contribution in [0.5, 0.6) is 0 Å². The van der Waals surface area contributed by atoms with Gasteiger partial charge in [-0.05, 0) is 0 Å². The third-order valence-electron chi connectivity index (χ3n) is 2.77. The highest BCUT2D eigenvalue weighted by atomic mass is 19.2. The molecule has 0 radical (unpaired) electrons. The van der Waals surface area contributed by atoms with Gasteiger partial charge in [-0.25, -0.2) is 13.8 Å². The number of H-pyrrole nitrogens is 1. The Labute approximate surface area is 96.0 Å². The first-order chi connectivity index (χ1) is 8.24. The van der Waals surface area contributed by atoms with Gasteiger partial charge < -0.3 is 15.0 Å². The van der Waals surface area contributed by atoms with Crippen molar-refractivity contribution in [2.75, 3.05) is 19.7 Å². The number of hydrogen-bond acceptors (Lipinski definition) is 3. The molecule has 0 amide bonds. The second kappa shape index (κ2) is 4.05. The van der Waals surface area contributed by atoms with E-state index in [1.807, 2.05) is 0 Å². The van der Waals surface area contributed by atoms with E-state index >= 15 is 0 Å². The number of morpholine rings is 1. The number of rotatable bonds is 1. The van der Waals surface area contributed by atoms with Crippen LogP contribution in [-0.2, 0) is 4.74 Å². The maximum atomic E-state index is 13.0. The Balaban J connectivity index is 2.00. The molecule has 4 nitrogen and oxygen atoms in total. The van der Waals surface area contributed by atoms with E-state index in [0.717, 1.165) is 18.7 Å². The quantitative estimate of drug-likeness (QED) is 0.793. The van der Waals surface area contributed by atoms with Gasteiger partial charge in [0.2, 0.25) is 0 Å². The molecule has 17 heavy (non-hydrogen) atoms. The van der Waals surface area contributed by atoms with Gasteiger partial charge in [-0.3, -0.25) is 0 Å². The van der Waals surface area contributed by atoms with Crippen molar-refractivity contribution in [3.05, 3.63) is 29.6 Å². The molecule has 1 fully saturated rings. The summed E-state index contributed by atoms with van der Waals surface area (Å²) >= 11 is 0. The second-order valence-electron chi connectivity index (χ2n) is 3.97. The molecule has 1 unspecified atom stereocenters. The summed E-state index contributed by atoms with van der Waals surface area (Å²) in [5.41, 5.74) is 0.890. The monoisotopic (exact) mass is 239 g/mol. The first-order valence-corrected chi connectivity index (χ1v) is 5.41. The Morgan fingerprint density at radius 3 is 2.88 bits per heavy atom. The molecule has 1 aliphatic heterocycles.